The first-order valence-corrected chi connectivity index (χ1v) is 6.68. The van der Waals surface area contributed by atoms with Crippen LogP contribution in [0.4, 0.5) is 4.39 Å². The van der Waals surface area contributed by atoms with Crippen molar-refractivity contribution in [1.82, 2.24) is 15.8 Å². The van der Waals surface area contributed by atoms with Gasteiger partial charge in [-0.15, -0.1) is 11.3 Å². The van der Waals surface area contributed by atoms with E-state index in [2.05, 4.69) is 15.8 Å². The van der Waals surface area contributed by atoms with Crippen molar-refractivity contribution in [2.75, 3.05) is 0 Å². The van der Waals surface area contributed by atoms with Crippen molar-refractivity contribution < 1.29 is 14.0 Å². The molecular weight excluding hydrogens is 281 g/mol. The summed E-state index contributed by atoms with van der Waals surface area (Å²) >= 11 is 1.46. The highest BCUT2D eigenvalue weighted by molar-refractivity contribution is 7.09. The summed E-state index contributed by atoms with van der Waals surface area (Å²) in [5.41, 5.74) is 5.46. The third-order valence-electron chi connectivity index (χ3n) is 2.43. The van der Waals surface area contributed by atoms with Gasteiger partial charge in [-0.05, 0) is 31.2 Å². The van der Waals surface area contributed by atoms with E-state index in [1.54, 1.807) is 5.38 Å². The maximum absolute atomic E-state index is 12.7. The molecule has 20 heavy (non-hydrogen) atoms. The largest absolute Gasteiger partial charge is 0.273 e. The normalized spacial score (nSPS) is 10.1. The Hall–Kier alpha value is -2.28. The highest BCUT2D eigenvalue weighted by Gasteiger charge is 2.09. The van der Waals surface area contributed by atoms with Crippen molar-refractivity contribution in [2.24, 2.45) is 0 Å². The molecule has 1 aromatic carbocycles. The lowest BCUT2D eigenvalue weighted by Gasteiger charge is -2.06. The molecule has 2 rings (SSSR count). The van der Waals surface area contributed by atoms with E-state index in [0.717, 1.165) is 5.01 Å². The summed E-state index contributed by atoms with van der Waals surface area (Å²) in [6.45, 7) is 1.85. The molecule has 0 saturated carbocycles. The number of benzene rings is 1. The summed E-state index contributed by atoms with van der Waals surface area (Å²) in [6.07, 6.45) is 0.0913. The number of carbonyl (C=O) groups excluding carboxylic acids is 2. The third-order valence-corrected chi connectivity index (χ3v) is 3.25. The molecule has 0 fully saturated rings. The zero-order valence-corrected chi connectivity index (χ0v) is 11.5. The maximum atomic E-state index is 12.7. The number of aryl methyl sites for hydroxylation is 1. The van der Waals surface area contributed by atoms with Gasteiger partial charge < -0.3 is 0 Å². The number of amides is 2. The summed E-state index contributed by atoms with van der Waals surface area (Å²) < 4.78 is 12.7. The molecule has 5 nitrogen and oxygen atoms in total. The van der Waals surface area contributed by atoms with Gasteiger partial charge in [-0.25, -0.2) is 9.37 Å². The third kappa shape index (κ3) is 3.86. The van der Waals surface area contributed by atoms with Crippen LogP contribution in [0.1, 0.15) is 21.1 Å². The standard InChI is InChI=1S/C13H12FN3O2S/c1-8-15-11(7-20-8)6-12(18)16-17-13(19)9-2-4-10(14)5-3-9/h2-5,7H,6H2,1H3,(H,16,18)(H,17,19). The molecule has 0 radical (unpaired) electrons. The fourth-order valence-corrected chi connectivity index (χ4v) is 2.11. The van der Waals surface area contributed by atoms with E-state index in [1.165, 1.54) is 35.6 Å². The molecule has 0 saturated heterocycles. The number of hydrazine groups is 1. The molecule has 1 aromatic heterocycles. The van der Waals surface area contributed by atoms with Crippen LogP contribution in [-0.4, -0.2) is 16.8 Å². The summed E-state index contributed by atoms with van der Waals surface area (Å²) in [7, 11) is 0. The summed E-state index contributed by atoms with van der Waals surface area (Å²) in [4.78, 5) is 27.4. The molecule has 1 heterocycles. The van der Waals surface area contributed by atoms with Crippen LogP contribution < -0.4 is 10.9 Å². The highest BCUT2D eigenvalue weighted by atomic mass is 32.1. The number of carbonyl (C=O) groups is 2. The minimum atomic E-state index is -0.507. The molecule has 0 aliphatic rings. The number of rotatable bonds is 3. The lowest BCUT2D eigenvalue weighted by atomic mass is 10.2. The van der Waals surface area contributed by atoms with Crippen molar-refractivity contribution >= 4 is 23.2 Å². The van der Waals surface area contributed by atoms with E-state index >= 15 is 0 Å². The van der Waals surface area contributed by atoms with Gasteiger partial charge in [0.2, 0.25) is 5.91 Å². The summed E-state index contributed by atoms with van der Waals surface area (Å²) in [6, 6.07) is 5.02. The van der Waals surface area contributed by atoms with Gasteiger partial charge in [0.25, 0.3) is 5.91 Å². The van der Waals surface area contributed by atoms with Crippen LogP contribution in [0.25, 0.3) is 0 Å². The molecular formula is C13H12FN3O2S. The van der Waals surface area contributed by atoms with Gasteiger partial charge in [0, 0.05) is 10.9 Å². The molecule has 104 valence electrons. The zero-order chi connectivity index (χ0) is 14.5. The Labute approximate surface area is 118 Å². The van der Waals surface area contributed by atoms with E-state index in [1.807, 2.05) is 6.92 Å². The number of thiazole rings is 1. The number of hydrogen-bond acceptors (Lipinski definition) is 4. The van der Waals surface area contributed by atoms with Gasteiger partial charge in [-0.1, -0.05) is 0 Å². The van der Waals surface area contributed by atoms with Crippen LogP contribution in [0.15, 0.2) is 29.6 Å². The van der Waals surface area contributed by atoms with Crippen molar-refractivity contribution in [3.8, 4) is 0 Å². The molecule has 2 amide bonds. The van der Waals surface area contributed by atoms with Gasteiger partial charge in [-0.2, -0.15) is 0 Å². The average Bonchev–Trinajstić information content (AvgIpc) is 2.82. The van der Waals surface area contributed by atoms with E-state index < -0.39 is 11.7 Å². The highest BCUT2D eigenvalue weighted by Crippen LogP contribution is 2.08. The van der Waals surface area contributed by atoms with Crippen molar-refractivity contribution in [2.45, 2.75) is 13.3 Å². The van der Waals surface area contributed by atoms with Crippen LogP contribution in [0.3, 0.4) is 0 Å². The average molecular weight is 293 g/mol. The fraction of sp³-hybridized carbons (Fsp3) is 0.154. The van der Waals surface area contributed by atoms with Crippen LogP contribution in [0, 0.1) is 12.7 Å². The Morgan fingerprint density at radius 3 is 2.55 bits per heavy atom. The maximum Gasteiger partial charge on any atom is 0.269 e. The van der Waals surface area contributed by atoms with Gasteiger partial charge in [-0.3, -0.25) is 20.4 Å². The number of aromatic nitrogens is 1. The number of nitrogens with zero attached hydrogens (tertiary/aromatic N) is 1. The number of halogens is 1. The van der Waals surface area contributed by atoms with Crippen LogP contribution >= 0.6 is 11.3 Å². The van der Waals surface area contributed by atoms with Gasteiger partial charge in [0.05, 0.1) is 17.1 Å². The summed E-state index contributed by atoms with van der Waals surface area (Å²) in [5, 5.41) is 2.67. The predicted octanol–water partition coefficient (Wildman–Crippen LogP) is 1.59. The van der Waals surface area contributed by atoms with E-state index in [9.17, 15) is 14.0 Å². The Balaban J connectivity index is 1.84. The minimum absolute atomic E-state index is 0.0913. The minimum Gasteiger partial charge on any atom is -0.273 e. The second-order valence-electron chi connectivity index (χ2n) is 4.04. The lowest BCUT2D eigenvalue weighted by Crippen LogP contribution is -2.42. The quantitative estimate of drug-likeness (QED) is 0.844. The summed E-state index contributed by atoms with van der Waals surface area (Å²) in [5.74, 6) is -1.30. The molecule has 2 aromatic rings. The molecule has 0 unspecified atom stereocenters. The van der Waals surface area contributed by atoms with Crippen LogP contribution in [-0.2, 0) is 11.2 Å². The Morgan fingerprint density at radius 1 is 1.25 bits per heavy atom. The Kier molecular flexibility index (Phi) is 4.41. The smallest absolute Gasteiger partial charge is 0.269 e. The van der Waals surface area contributed by atoms with Crippen molar-refractivity contribution in [1.29, 1.82) is 0 Å². The first kappa shape index (κ1) is 14.1. The second kappa shape index (κ2) is 6.25. The SMILES string of the molecule is Cc1nc(CC(=O)NNC(=O)c2ccc(F)cc2)cs1. The fourth-order valence-electron chi connectivity index (χ4n) is 1.50. The van der Waals surface area contributed by atoms with Crippen molar-refractivity contribution in [3.63, 3.8) is 0 Å². The molecule has 7 heteroatoms. The Morgan fingerprint density at radius 2 is 1.95 bits per heavy atom. The van der Waals surface area contributed by atoms with Gasteiger partial charge in [0.15, 0.2) is 0 Å². The monoisotopic (exact) mass is 293 g/mol. The lowest BCUT2D eigenvalue weighted by molar-refractivity contribution is -0.121. The molecule has 0 aliphatic heterocycles. The first-order chi connectivity index (χ1) is 9.54. The second-order valence-corrected chi connectivity index (χ2v) is 5.11. The van der Waals surface area contributed by atoms with Crippen molar-refractivity contribution in [3.05, 3.63) is 51.7 Å². The van der Waals surface area contributed by atoms with E-state index in [4.69, 9.17) is 0 Å². The van der Waals surface area contributed by atoms with Crippen LogP contribution in [0.5, 0.6) is 0 Å². The van der Waals surface area contributed by atoms with Gasteiger partial charge >= 0.3 is 0 Å². The first-order valence-electron chi connectivity index (χ1n) is 5.80. The molecule has 0 atom stereocenters. The number of nitrogens with one attached hydrogen (secondary N) is 2. The van der Waals surface area contributed by atoms with E-state index in [-0.39, 0.29) is 17.9 Å². The zero-order valence-electron chi connectivity index (χ0n) is 10.6. The van der Waals surface area contributed by atoms with E-state index in [0.29, 0.717) is 5.69 Å². The Bertz CT molecular complexity index is 625. The topological polar surface area (TPSA) is 71.1 Å². The molecule has 2 N–H and O–H groups in total. The predicted molar refractivity (Wildman–Crippen MR) is 72.6 cm³/mol. The number of hydrogen-bond donors (Lipinski definition) is 2. The molecule has 0 aliphatic carbocycles. The molecule has 0 bridgehead atoms. The van der Waals surface area contributed by atoms with Gasteiger partial charge in [0.1, 0.15) is 5.82 Å². The molecule has 0 spiro atoms. The van der Waals surface area contributed by atoms with Crippen LogP contribution in [0.2, 0.25) is 0 Å².